The first-order valence-electron chi connectivity index (χ1n) is 6.20. The lowest BCUT2D eigenvalue weighted by Gasteiger charge is -2.04. The van der Waals surface area contributed by atoms with Gasteiger partial charge in [-0.05, 0) is 18.2 Å². The molecule has 4 rings (SSSR count). The van der Waals surface area contributed by atoms with Gasteiger partial charge in [0, 0.05) is 23.2 Å². The molecule has 2 aromatic carbocycles. The zero-order chi connectivity index (χ0) is 12.7. The number of hydrogen-bond donors (Lipinski definition) is 0. The minimum atomic E-state index is 0.708. The number of para-hydroxylation sites is 2. The second kappa shape index (κ2) is 3.92. The maximum atomic E-state index is 4.62. The molecule has 0 radical (unpaired) electrons. The van der Waals surface area contributed by atoms with Crippen molar-refractivity contribution in [1.29, 1.82) is 0 Å². The van der Waals surface area contributed by atoms with Crippen LogP contribution in [0.15, 0.2) is 67.0 Å². The minimum Gasteiger partial charge on any atom is -0.285 e. The second-order valence-corrected chi connectivity index (χ2v) is 4.47. The van der Waals surface area contributed by atoms with Gasteiger partial charge in [-0.15, -0.1) is 0 Å². The predicted molar refractivity (Wildman–Crippen MR) is 76.4 cm³/mol. The van der Waals surface area contributed by atoms with E-state index < -0.39 is 0 Å². The summed E-state index contributed by atoms with van der Waals surface area (Å²) >= 11 is 0. The van der Waals surface area contributed by atoms with E-state index in [0.717, 1.165) is 16.4 Å². The standard InChI is InChI=1S/C16H11N3/c1-3-7-14-13(6-1)11-17-16(18-14)19-10-9-12-5-2-4-8-15(12)19/h1-11H. The molecule has 0 saturated carbocycles. The number of fused-ring (bicyclic) bond motifs is 2. The fourth-order valence-corrected chi connectivity index (χ4v) is 2.34. The minimum absolute atomic E-state index is 0.708. The molecular weight excluding hydrogens is 234 g/mol. The van der Waals surface area contributed by atoms with Gasteiger partial charge >= 0.3 is 0 Å². The number of nitrogens with zero attached hydrogens (tertiary/aromatic N) is 3. The predicted octanol–water partition coefficient (Wildman–Crippen LogP) is 3.57. The summed E-state index contributed by atoms with van der Waals surface area (Å²) < 4.78 is 2.02. The van der Waals surface area contributed by atoms with E-state index in [1.807, 2.05) is 53.4 Å². The quantitative estimate of drug-likeness (QED) is 0.513. The molecule has 0 saturated heterocycles. The molecule has 0 atom stereocenters. The summed E-state index contributed by atoms with van der Waals surface area (Å²) in [6.45, 7) is 0. The molecule has 0 N–H and O–H groups in total. The van der Waals surface area contributed by atoms with Gasteiger partial charge in [-0.1, -0.05) is 36.4 Å². The summed E-state index contributed by atoms with van der Waals surface area (Å²) in [4.78, 5) is 9.07. The van der Waals surface area contributed by atoms with E-state index in [0.29, 0.717) is 5.95 Å². The smallest absolute Gasteiger partial charge is 0.234 e. The Morgan fingerprint density at radius 1 is 0.789 bits per heavy atom. The van der Waals surface area contributed by atoms with E-state index in [1.165, 1.54) is 5.39 Å². The Balaban J connectivity index is 1.99. The van der Waals surface area contributed by atoms with E-state index in [2.05, 4.69) is 28.2 Å². The van der Waals surface area contributed by atoms with Crippen molar-refractivity contribution < 1.29 is 0 Å². The average molecular weight is 245 g/mol. The number of benzene rings is 2. The number of rotatable bonds is 1. The van der Waals surface area contributed by atoms with E-state index in [9.17, 15) is 0 Å². The molecule has 0 aliphatic rings. The Kier molecular flexibility index (Phi) is 2.12. The summed E-state index contributed by atoms with van der Waals surface area (Å²) in [5.74, 6) is 0.708. The van der Waals surface area contributed by atoms with Crippen molar-refractivity contribution in [2.75, 3.05) is 0 Å². The highest BCUT2D eigenvalue weighted by Crippen LogP contribution is 2.19. The summed E-state index contributed by atoms with van der Waals surface area (Å²) in [6, 6.07) is 18.3. The number of hydrogen-bond acceptors (Lipinski definition) is 2. The first-order valence-corrected chi connectivity index (χ1v) is 6.20. The Bertz CT molecular complexity index is 877. The normalized spacial score (nSPS) is 11.2. The van der Waals surface area contributed by atoms with Gasteiger partial charge in [0.25, 0.3) is 0 Å². The van der Waals surface area contributed by atoms with Crippen molar-refractivity contribution in [3.63, 3.8) is 0 Å². The van der Waals surface area contributed by atoms with Crippen LogP contribution in [0.5, 0.6) is 0 Å². The van der Waals surface area contributed by atoms with E-state index >= 15 is 0 Å². The van der Waals surface area contributed by atoms with Crippen LogP contribution in [0.25, 0.3) is 27.8 Å². The van der Waals surface area contributed by atoms with Gasteiger partial charge < -0.3 is 0 Å². The van der Waals surface area contributed by atoms with Crippen molar-refractivity contribution in [2.45, 2.75) is 0 Å². The monoisotopic (exact) mass is 245 g/mol. The van der Waals surface area contributed by atoms with Gasteiger partial charge in [-0.2, -0.15) is 0 Å². The van der Waals surface area contributed by atoms with Crippen LogP contribution in [0.3, 0.4) is 0 Å². The van der Waals surface area contributed by atoms with Gasteiger partial charge in [0.05, 0.1) is 11.0 Å². The molecule has 3 nitrogen and oxygen atoms in total. The van der Waals surface area contributed by atoms with Gasteiger partial charge in [0.1, 0.15) is 0 Å². The molecule has 3 heteroatoms. The van der Waals surface area contributed by atoms with Gasteiger partial charge in [0.2, 0.25) is 5.95 Å². The zero-order valence-electron chi connectivity index (χ0n) is 10.2. The van der Waals surface area contributed by atoms with Crippen LogP contribution >= 0.6 is 0 Å². The van der Waals surface area contributed by atoms with Gasteiger partial charge in [-0.3, -0.25) is 4.57 Å². The number of aromatic nitrogens is 3. The second-order valence-electron chi connectivity index (χ2n) is 4.47. The van der Waals surface area contributed by atoms with Crippen LogP contribution in [0.4, 0.5) is 0 Å². The molecule has 0 fully saturated rings. The molecule has 0 spiro atoms. The molecule has 0 aliphatic heterocycles. The molecule has 90 valence electrons. The summed E-state index contributed by atoms with van der Waals surface area (Å²) in [5, 5.41) is 2.25. The van der Waals surface area contributed by atoms with Crippen LogP contribution in [0.2, 0.25) is 0 Å². The van der Waals surface area contributed by atoms with Crippen molar-refractivity contribution in [2.24, 2.45) is 0 Å². The summed E-state index contributed by atoms with van der Waals surface area (Å²) in [5.41, 5.74) is 2.09. The summed E-state index contributed by atoms with van der Waals surface area (Å²) in [7, 11) is 0. The fraction of sp³-hybridized carbons (Fsp3) is 0. The maximum absolute atomic E-state index is 4.62. The first-order chi connectivity index (χ1) is 9.42. The molecule has 19 heavy (non-hydrogen) atoms. The van der Waals surface area contributed by atoms with Crippen molar-refractivity contribution in [3.8, 4) is 5.95 Å². The van der Waals surface area contributed by atoms with Crippen LogP contribution in [-0.2, 0) is 0 Å². The average Bonchev–Trinajstić information content (AvgIpc) is 2.91. The molecule has 4 aromatic rings. The highest BCUT2D eigenvalue weighted by atomic mass is 15.1. The highest BCUT2D eigenvalue weighted by Gasteiger charge is 2.05. The largest absolute Gasteiger partial charge is 0.285 e. The van der Waals surface area contributed by atoms with Crippen molar-refractivity contribution >= 4 is 21.8 Å². The molecule has 0 amide bonds. The Labute approximate surface area is 110 Å². The van der Waals surface area contributed by atoms with E-state index in [-0.39, 0.29) is 0 Å². The molecule has 2 aromatic heterocycles. The third-order valence-electron chi connectivity index (χ3n) is 3.29. The van der Waals surface area contributed by atoms with Crippen LogP contribution in [0.1, 0.15) is 0 Å². The van der Waals surface area contributed by atoms with Crippen LogP contribution in [-0.4, -0.2) is 14.5 Å². The van der Waals surface area contributed by atoms with Crippen molar-refractivity contribution in [3.05, 3.63) is 67.0 Å². The molecular formula is C16H11N3. The summed E-state index contributed by atoms with van der Waals surface area (Å²) in [6.07, 6.45) is 3.88. The molecule has 2 heterocycles. The zero-order valence-corrected chi connectivity index (χ0v) is 10.2. The van der Waals surface area contributed by atoms with E-state index in [4.69, 9.17) is 0 Å². The highest BCUT2D eigenvalue weighted by molar-refractivity contribution is 5.82. The SMILES string of the molecule is c1ccc2nc(-n3ccc4ccccc43)ncc2c1. The molecule has 0 bridgehead atoms. The Hall–Kier alpha value is -2.68. The lowest BCUT2D eigenvalue weighted by molar-refractivity contribution is 0.981. The van der Waals surface area contributed by atoms with Gasteiger partial charge in [-0.25, -0.2) is 9.97 Å². The van der Waals surface area contributed by atoms with Crippen LogP contribution < -0.4 is 0 Å². The lowest BCUT2D eigenvalue weighted by atomic mass is 10.2. The van der Waals surface area contributed by atoms with Crippen molar-refractivity contribution in [1.82, 2.24) is 14.5 Å². The first kappa shape index (κ1) is 10.3. The maximum Gasteiger partial charge on any atom is 0.234 e. The third-order valence-corrected chi connectivity index (χ3v) is 3.29. The van der Waals surface area contributed by atoms with E-state index in [1.54, 1.807) is 0 Å². The van der Waals surface area contributed by atoms with Crippen LogP contribution in [0, 0.1) is 0 Å². The molecule has 0 unspecified atom stereocenters. The third kappa shape index (κ3) is 1.59. The Morgan fingerprint density at radius 3 is 2.53 bits per heavy atom. The molecule has 0 aliphatic carbocycles. The Morgan fingerprint density at radius 2 is 1.58 bits per heavy atom. The topological polar surface area (TPSA) is 30.7 Å². The lowest BCUT2D eigenvalue weighted by Crippen LogP contribution is -1.99. The van der Waals surface area contributed by atoms with Gasteiger partial charge in [0.15, 0.2) is 0 Å². The fourth-order valence-electron chi connectivity index (χ4n) is 2.34.